The average Bonchev–Trinajstić information content (AvgIpc) is 2.63. The zero-order chi connectivity index (χ0) is 19.1. The topological polar surface area (TPSA) is 97.4 Å². The van der Waals surface area contributed by atoms with Gasteiger partial charge in [0.1, 0.15) is 11.6 Å². The third kappa shape index (κ3) is 5.23. The van der Waals surface area contributed by atoms with Gasteiger partial charge in [-0.1, -0.05) is 0 Å². The first kappa shape index (κ1) is 18.8. The second-order valence-electron chi connectivity index (χ2n) is 5.20. The Balaban J connectivity index is 1.97. The number of pyridine rings is 1. The van der Waals surface area contributed by atoms with Crippen molar-refractivity contribution in [2.24, 2.45) is 0 Å². The predicted octanol–water partition coefficient (Wildman–Crippen LogP) is 2.53. The molecule has 1 aromatic heterocycles. The normalized spacial score (nSPS) is 10.8. The Morgan fingerprint density at radius 2 is 1.77 bits per heavy atom. The van der Waals surface area contributed by atoms with Crippen LogP contribution in [-0.2, 0) is 14.3 Å². The largest absolute Gasteiger partial charge is 0.465 e. The number of rotatable bonds is 5. The molecular weight excluding hydrogens is 341 g/mol. The van der Waals surface area contributed by atoms with Gasteiger partial charge in [-0.3, -0.25) is 9.59 Å². The Labute approximate surface area is 148 Å². The molecule has 2 rings (SSSR count). The molecule has 0 aliphatic carbocycles. The van der Waals surface area contributed by atoms with Crippen LogP contribution in [-0.4, -0.2) is 29.9 Å². The van der Waals surface area contributed by atoms with E-state index in [9.17, 15) is 18.8 Å². The lowest BCUT2D eigenvalue weighted by Gasteiger charge is -2.07. The van der Waals surface area contributed by atoms with Crippen molar-refractivity contribution < 1.29 is 23.5 Å². The van der Waals surface area contributed by atoms with Gasteiger partial charge < -0.3 is 15.4 Å². The molecule has 2 N–H and O–H groups in total. The van der Waals surface area contributed by atoms with Crippen LogP contribution in [0.2, 0.25) is 0 Å². The Hall–Kier alpha value is -3.55. The Kier molecular flexibility index (Phi) is 6.15. The monoisotopic (exact) mass is 357 g/mol. The molecular formula is C18H16FN3O4. The summed E-state index contributed by atoms with van der Waals surface area (Å²) < 4.78 is 17.4. The van der Waals surface area contributed by atoms with Crippen molar-refractivity contribution in [2.45, 2.75) is 6.92 Å². The molecule has 0 aliphatic rings. The summed E-state index contributed by atoms with van der Waals surface area (Å²) in [6.45, 7) is 1.47. The zero-order valence-corrected chi connectivity index (χ0v) is 14.1. The van der Waals surface area contributed by atoms with E-state index < -0.39 is 23.6 Å². The van der Waals surface area contributed by atoms with Gasteiger partial charge in [0.15, 0.2) is 0 Å². The summed E-state index contributed by atoms with van der Waals surface area (Å²) in [6, 6.07) is 8.56. The minimum atomic E-state index is -0.571. The van der Waals surface area contributed by atoms with E-state index in [1.54, 1.807) is 12.1 Å². The van der Waals surface area contributed by atoms with Gasteiger partial charge in [-0.05, 0) is 43.3 Å². The van der Waals surface area contributed by atoms with Gasteiger partial charge >= 0.3 is 5.97 Å². The van der Waals surface area contributed by atoms with Crippen LogP contribution in [0, 0.1) is 5.82 Å². The molecule has 2 amide bonds. The molecule has 0 radical (unpaired) electrons. The highest BCUT2D eigenvalue weighted by Crippen LogP contribution is 2.12. The first-order valence-corrected chi connectivity index (χ1v) is 7.49. The molecule has 0 spiro atoms. The number of nitrogens with zero attached hydrogens (tertiary/aromatic N) is 1. The Morgan fingerprint density at radius 1 is 1.08 bits per heavy atom. The maximum absolute atomic E-state index is 12.8. The van der Waals surface area contributed by atoms with E-state index >= 15 is 0 Å². The van der Waals surface area contributed by atoms with Gasteiger partial charge in [0, 0.05) is 17.3 Å². The number of ether oxygens (including phenoxy) is 1. The summed E-state index contributed by atoms with van der Waals surface area (Å²) in [4.78, 5) is 39.0. The van der Waals surface area contributed by atoms with Crippen molar-refractivity contribution in [3.8, 4) is 0 Å². The summed E-state index contributed by atoms with van der Waals surface area (Å²) in [6.07, 6.45) is 2.07. The highest BCUT2D eigenvalue weighted by atomic mass is 19.1. The molecule has 0 unspecified atom stereocenters. The number of hydrogen-bond acceptors (Lipinski definition) is 5. The standard InChI is InChI=1S/C18H16FN3O4/c1-11(9-16(23)22-15-8-5-13(19)10-20-15)17(24)21-14-6-3-12(4-7-14)18(25)26-2/h3-10H,1-2H3,(H,21,24)(H,20,22,23)/b11-9+. The maximum Gasteiger partial charge on any atom is 0.337 e. The van der Waals surface area contributed by atoms with E-state index in [4.69, 9.17) is 0 Å². The molecule has 2 aromatic rings. The van der Waals surface area contributed by atoms with E-state index in [1.165, 1.54) is 32.2 Å². The van der Waals surface area contributed by atoms with Gasteiger partial charge in [0.2, 0.25) is 5.91 Å². The molecule has 0 bridgehead atoms. The van der Waals surface area contributed by atoms with E-state index in [2.05, 4.69) is 20.4 Å². The number of esters is 1. The molecule has 0 fully saturated rings. The Morgan fingerprint density at radius 3 is 2.35 bits per heavy atom. The highest BCUT2D eigenvalue weighted by molar-refractivity contribution is 6.09. The number of methoxy groups -OCH3 is 1. The summed E-state index contributed by atoms with van der Waals surface area (Å²) in [7, 11) is 1.28. The van der Waals surface area contributed by atoms with Crippen molar-refractivity contribution >= 4 is 29.3 Å². The number of hydrogen-bond donors (Lipinski definition) is 2. The average molecular weight is 357 g/mol. The van der Waals surface area contributed by atoms with Gasteiger partial charge in [-0.15, -0.1) is 0 Å². The molecule has 26 heavy (non-hydrogen) atoms. The van der Waals surface area contributed by atoms with Crippen LogP contribution >= 0.6 is 0 Å². The molecule has 1 aromatic carbocycles. The van der Waals surface area contributed by atoms with Crippen LogP contribution in [0.5, 0.6) is 0 Å². The van der Waals surface area contributed by atoms with Gasteiger partial charge in [0.25, 0.3) is 5.91 Å². The minimum Gasteiger partial charge on any atom is -0.465 e. The van der Waals surface area contributed by atoms with E-state index in [1.807, 2.05) is 0 Å². The quantitative estimate of drug-likeness (QED) is 0.633. The third-order valence-electron chi connectivity index (χ3n) is 3.25. The highest BCUT2D eigenvalue weighted by Gasteiger charge is 2.09. The first-order valence-electron chi connectivity index (χ1n) is 7.49. The summed E-state index contributed by atoms with van der Waals surface area (Å²) in [5, 5.41) is 5.02. The van der Waals surface area contributed by atoms with E-state index in [0.29, 0.717) is 11.3 Å². The number of aromatic nitrogens is 1. The fraction of sp³-hybridized carbons (Fsp3) is 0.111. The number of amides is 2. The third-order valence-corrected chi connectivity index (χ3v) is 3.25. The fourth-order valence-electron chi connectivity index (χ4n) is 1.91. The number of benzene rings is 1. The summed E-state index contributed by atoms with van der Waals surface area (Å²) >= 11 is 0. The maximum atomic E-state index is 12.8. The van der Waals surface area contributed by atoms with Crippen LogP contribution in [0.1, 0.15) is 17.3 Å². The predicted molar refractivity (Wildman–Crippen MR) is 93.0 cm³/mol. The molecule has 0 saturated carbocycles. The van der Waals surface area contributed by atoms with E-state index in [-0.39, 0.29) is 11.4 Å². The van der Waals surface area contributed by atoms with Crippen LogP contribution < -0.4 is 10.6 Å². The molecule has 7 nitrogen and oxygen atoms in total. The van der Waals surface area contributed by atoms with Crippen molar-refractivity contribution in [3.63, 3.8) is 0 Å². The number of carbonyl (C=O) groups is 3. The van der Waals surface area contributed by atoms with E-state index in [0.717, 1.165) is 18.3 Å². The lowest BCUT2D eigenvalue weighted by Crippen LogP contribution is -2.16. The number of anilines is 2. The number of carbonyl (C=O) groups excluding carboxylic acids is 3. The minimum absolute atomic E-state index is 0.154. The van der Waals surface area contributed by atoms with Gasteiger partial charge in [0.05, 0.1) is 18.9 Å². The second kappa shape index (κ2) is 8.52. The van der Waals surface area contributed by atoms with Crippen LogP contribution in [0.3, 0.4) is 0 Å². The first-order chi connectivity index (χ1) is 12.4. The molecule has 0 aliphatic heterocycles. The molecule has 134 valence electrons. The van der Waals surface area contributed by atoms with Crippen molar-refractivity contribution in [2.75, 3.05) is 17.7 Å². The Bertz CT molecular complexity index is 846. The van der Waals surface area contributed by atoms with Crippen LogP contribution in [0.4, 0.5) is 15.9 Å². The lowest BCUT2D eigenvalue weighted by molar-refractivity contribution is -0.114. The SMILES string of the molecule is COC(=O)c1ccc(NC(=O)/C(C)=C/C(=O)Nc2ccc(F)cn2)cc1. The zero-order valence-electron chi connectivity index (χ0n) is 14.1. The van der Waals surface area contributed by atoms with Gasteiger partial charge in [-0.2, -0.15) is 0 Å². The number of halogens is 1. The molecule has 0 saturated heterocycles. The van der Waals surface area contributed by atoms with Crippen molar-refractivity contribution in [3.05, 3.63) is 65.6 Å². The second-order valence-corrected chi connectivity index (χ2v) is 5.20. The van der Waals surface area contributed by atoms with Gasteiger partial charge in [-0.25, -0.2) is 14.2 Å². The smallest absolute Gasteiger partial charge is 0.337 e. The number of nitrogens with one attached hydrogen (secondary N) is 2. The van der Waals surface area contributed by atoms with Crippen molar-refractivity contribution in [1.82, 2.24) is 4.98 Å². The van der Waals surface area contributed by atoms with Crippen LogP contribution in [0.25, 0.3) is 0 Å². The van der Waals surface area contributed by atoms with Crippen LogP contribution in [0.15, 0.2) is 54.2 Å². The summed E-state index contributed by atoms with van der Waals surface area (Å²) in [5.41, 5.74) is 0.960. The fourth-order valence-corrected chi connectivity index (χ4v) is 1.91. The molecule has 8 heteroatoms. The van der Waals surface area contributed by atoms with Crippen molar-refractivity contribution in [1.29, 1.82) is 0 Å². The lowest BCUT2D eigenvalue weighted by atomic mass is 10.2. The molecule has 0 atom stereocenters. The summed E-state index contributed by atoms with van der Waals surface area (Å²) in [5.74, 6) is -1.90. The molecule has 1 heterocycles.